The molecule has 0 aliphatic carbocycles. The molecule has 0 atom stereocenters. The smallest absolute Gasteiger partial charge is 0.380 e. The predicted octanol–water partition coefficient (Wildman–Crippen LogP) is 3.50. The van der Waals surface area contributed by atoms with Gasteiger partial charge in [0.05, 0.1) is 11.3 Å². The fraction of sp³-hybridized carbons (Fsp3) is 0.267. The molecule has 0 aliphatic heterocycles. The second kappa shape index (κ2) is 6.03. The van der Waals surface area contributed by atoms with Crippen molar-refractivity contribution in [1.29, 1.82) is 0 Å². The van der Waals surface area contributed by atoms with Gasteiger partial charge in [0.25, 0.3) is 5.56 Å². The monoisotopic (exact) mass is 296 g/mol. The summed E-state index contributed by atoms with van der Waals surface area (Å²) in [6.45, 7) is 2.82. The summed E-state index contributed by atoms with van der Waals surface area (Å²) < 4.78 is 38.9. The summed E-state index contributed by atoms with van der Waals surface area (Å²) in [5.74, 6) is 0. The molecule has 1 aromatic heterocycles. The number of benzene rings is 1. The first-order valence-corrected chi connectivity index (χ1v) is 6.50. The molecule has 1 aromatic carbocycles. The van der Waals surface area contributed by atoms with Crippen LogP contribution in [0.1, 0.15) is 18.1 Å². The van der Waals surface area contributed by atoms with E-state index in [-0.39, 0.29) is 5.56 Å². The number of anilines is 1. The third kappa shape index (κ3) is 3.87. The van der Waals surface area contributed by atoms with E-state index >= 15 is 0 Å². The van der Waals surface area contributed by atoms with Crippen molar-refractivity contribution < 1.29 is 13.2 Å². The van der Waals surface area contributed by atoms with Crippen LogP contribution >= 0.6 is 0 Å². The van der Waals surface area contributed by atoms with Gasteiger partial charge < -0.3 is 9.88 Å². The zero-order valence-electron chi connectivity index (χ0n) is 11.4. The first-order chi connectivity index (χ1) is 9.90. The Kier molecular flexibility index (Phi) is 4.35. The number of rotatable bonds is 4. The molecule has 0 bridgehead atoms. The number of aromatic nitrogens is 1. The number of hydrogen-bond acceptors (Lipinski definition) is 2. The normalized spacial score (nSPS) is 11.4. The Morgan fingerprint density at radius 1 is 1.10 bits per heavy atom. The minimum absolute atomic E-state index is 0.0856. The lowest BCUT2D eigenvalue weighted by molar-refractivity contribution is -0.137. The van der Waals surface area contributed by atoms with Crippen LogP contribution in [0.15, 0.2) is 47.4 Å². The van der Waals surface area contributed by atoms with Gasteiger partial charge in [-0.3, -0.25) is 4.79 Å². The van der Waals surface area contributed by atoms with E-state index < -0.39 is 11.7 Å². The topological polar surface area (TPSA) is 34.0 Å². The van der Waals surface area contributed by atoms with E-state index in [9.17, 15) is 18.0 Å². The second-order valence-corrected chi connectivity index (χ2v) is 4.59. The van der Waals surface area contributed by atoms with E-state index in [2.05, 4.69) is 5.32 Å². The Labute approximate surface area is 120 Å². The van der Waals surface area contributed by atoms with Crippen molar-refractivity contribution >= 4 is 5.69 Å². The van der Waals surface area contributed by atoms with Crippen LogP contribution in [0.25, 0.3) is 0 Å². The van der Waals surface area contributed by atoms with Crippen LogP contribution in [0, 0.1) is 0 Å². The Morgan fingerprint density at radius 2 is 1.76 bits per heavy atom. The van der Waals surface area contributed by atoms with Crippen molar-refractivity contribution in [2.75, 3.05) is 5.32 Å². The molecule has 112 valence electrons. The highest BCUT2D eigenvalue weighted by molar-refractivity contribution is 5.41. The van der Waals surface area contributed by atoms with Gasteiger partial charge in [-0.1, -0.05) is 12.1 Å². The molecule has 2 rings (SSSR count). The number of pyridine rings is 1. The summed E-state index contributed by atoms with van der Waals surface area (Å²) in [7, 11) is 0. The van der Waals surface area contributed by atoms with Crippen molar-refractivity contribution in [1.82, 2.24) is 4.57 Å². The van der Waals surface area contributed by atoms with E-state index in [1.165, 1.54) is 18.2 Å². The average molecular weight is 296 g/mol. The predicted molar refractivity (Wildman–Crippen MR) is 75.1 cm³/mol. The Morgan fingerprint density at radius 3 is 2.33 bits per heavy atom. The van der Waals surface area contributed by atoms with E-state index in [1.807, 2.05) is 6.92 Å². The molecule has 21 heavy (non-hydrogen) atoms. The van der Waals surface area contributed by atoms with Crippen LogP contribution in [0.5, 0.6) is 0 Å². The molecular weight excluding hydrogens is 281 g/mol. The average Bonchev–Trinajstić information content (AvgIpc) is 2.46. The third-order valence-corrected chi connectivity index (χ3v) is 3.10. The maximum absolute atomic E-state index is 12.4. The third-order valence-electron chi connectivity index (χ3n) is 3.10. The molecular formula is C15H15F3N2O. The fourth-order valence-electron chi connectivity index (χ4n) is 1.90. The molecule has 0 saturated heterocycles. The molecule has 0 saturated carbocycles. The molecule has 0 fully saturated rings. The molecule has 0 unspecified atom stereocenters. The summed E-state index contributed by atoms with van der Waals surface area (Å²) in [5.41, 5.74) is 0.733. The number of halogens is 3. The van der Waals surface area contributed by atoms with Crippen molar-refractivity contribution in [3.8, 4) is 0 Å². The van der Waals surface area contributed by atoms with E-state index in [0.29, 0.717) is 13.1 Å². The second-order valence-electron chi connectivity index (χ2n) is 4.59. The number of nitrogens with zero attached hydrogens (tertiary/aromatic N) is 1. The summed E-state index contributed by atoms with van der Waals surface area (Å²) >= 11 is 0. The highest BCUT2D eigenvalue weighted by atomic mass is 19.4. The first kappa shape index (κ1) is 15.2. The van der Waals surface area contributed by atoms with Gasteiger partial charge in [0.2, 0.25) is 0 Å². The van der Waals surface area contributed by atoms with Crippen molar-refractivity contribution in [2.45, 2.75) is 26.2 Å². The maximum Gasteiger partial charge on any atom is 0.416 e. The highest BCUT2D eigenvalue weighted by Crippen LogP contribution is 2.29. The number of alkyl halides is 3. The molecule has 3 nitrogen and oxygen atoms in total. The number of nitrogens with one attached hydrogen (secondary N) is 1. The van der Waals surface area contributed by atoms with Gasteiger partial charge in [-0.05, 0) is 30.7 Å². The Hall–Kier alpha value is -2.24. The first-order valence-electron chi connectivity index (χ1n) is 6.50. The van der Waals surface area contributed by atoms with Crippen LogP contribution in [0.3, 0.4) is 0 Å². The minimum Gasteiger partial charge on any atom is -0.380 e. The molecule has 1 N–H and O–H groups in total. The summed E-state index contributed by atoms with van der Waals surface area (Å²) in [5, 5.41) is 3.08. The zero-order chi connectivity index (χ0) is 15.5. The van der Waals surface area contributed by atoms with Crippen molar-refractivity contribution in [2.24, 2.45) is 0 Å². The van der Waals surface area contributed by atoms with Crippen LogP contribution < -0.4 is 10.9 Å². The maximum atomic E-state index is 12.4. The lowest BCUT2D eigenvalue weighted by Gasteiger charge is -2.10. The van der Waals surface area contributed by atoms with E-state index in [0.717, 1.165) is 23.4 Å². The highest BCUT2D eigenvalue weighted by Gasteiger charge is 2.29. The van der Waals surface area contributed by atoms with Gasteiger partial charge in [0, 0.05) is 25.4 Å². The molecule has 0 amide bonds. The lowest BCUT2D eigenvalue weighted by Crippen LogP contribution is -2.17. The van der Waals surface area contributed by atoms with E-state index in [4.69, 9.17) is 0 Å². The Balaban J connectivity index is 2.05. The van der Waals surface area contributed by atoms with Gasteiger partial charge in [0.1, 0.15) is 0 Å². The minimum atomic E-state index is -4.32. The molecule has 2 aromatic rings. The largest absolute Gasteiger partial charge is 0.416 e. The van der Waals surface area contributed by atoms with Crippen molar-refractivity contribution in [3.05, 3.63) is 64.1 Å². The molecule has 0 radical (unpaired) electrons. The number of hydrogen-bond donors (Lipinski definition) is 1. The standard InChI is InChI=1S/C15H15F3N2O/c1-2-20-10-13(7-8-14(20)21)19-9-11-3-5-12(6-4-11)15(16,17)18/h3-8,10,19H,2,9H2,1H3. The van der Waals surface area contributed by atoms with Gasteiger partial charge >= 0.3 is 6.18 Å². The zero-order valence-corrected chi connectivity index (χ0v) is 11.4. The summed E-state index contributed by atoms with van der Waals surface area (Å²) in [6.07, 6.45) is -2.63. The van der Waals surface area contributed by atoms with Gasteiger partial charge in [-0.2, -0.15) is 13.2 Å². The summed E-state index contributed by atoms with van der Waals surface area (Å²) in [6, 6.07) is 8.10. The van der Waals surface area contributed by atoms with Gasteiger partial charge in [-0.15, -0.1) is 0 Å². The lowest BCUT2D eigenvalue weighted by atomic mass is 10.1. The number of aryl methyl sites for hydroxylation is 1. The SMILES string of the molecule is CCn1cc(NCc2ccc(C(F)(F)F)cc2)ccc1=O. The van der Waals surface area contributed by atoms with Crippen LogP contribution in [-0.4, -0.2) is 4.57 Å². The molecule has 0 spiro atoms. The Bertz CT molecular complexity index is 660. The van der Waals surface area contributed by atoms with E-state index in [1.54, 1.807) is 16.8 Å². The molecule has 1 heterocycles. The fourth-order valence-corrected chi connectivity index (χ4v) is 1.90. The van der Waals surface area contributed by atoms with Gasteiger partial charge in [-0.25, -0.2) is 0 Å². The van der Waals surface area contributed by atoms with Gasteiger partial charge in [0.15, 0.2) is 0 Å². The van der Waals surface area contributed by atoms with Crippen molar-refractivity contribution in [3.63, 3.8) is 0 Å². The van der Waals surface area contributed by atoms with Crippen LogP contribution in [0.2, 0.25) is 0 Å². The summed E-state index contributed by atoms with van der Waals surface area (Å²) in [4.78, 5) is 11.4. The molecule has 6 heteroatoms. The van der Waals surface area contributed by atoms with Crippen LogP contribution in [-0.2, 0) is 19.3 Å². The molecule has 0 aliphatic rings. The van der Waals surface area contributed by atoms with Crippen LogP contribution in [0.4, 0.5) is 18.9 Å². The quantitative estimate of drug-likeness (QED) is 0.937.